The molecule has 116 valence electrons. The lowest BCUT2D eigenvalue weighted by Crippen LogP contribution is -1.99. The second kappa shape index (κ2) is 11.8. The van der Waals surface area contributed by atoms with Crippen LogP contribution in [0, 0.1) is 0 Å². The normalized spacial score (nSPS) is 12.3. The van der Waals surface area contributed by atoms with E-state index in [9.17, 15) is 0 Å². The van der Waals surface area contributed by atoms with Gasteiger partial charge >= 0.3 is 0 Å². The Hall–Kier alpha value is -1.96. The topological polar surface area (TPSA) is 30.9 Å². The Morgan fingerprint density at radius 2 is 2.05 bits per heavy atom. The van der Waals surface area contributed by atoms with Crippen molar-refractivity contribution in [1.29, 1.82) is 0 Å². The van der Waals surface area contributed by atoms with E-state index in [1.165, 1.54) is 11.3 Å². The van der Waals surface area contributed by atoms with Crippen molar-refractivity contribution in [3.8, 4) is 0 Å². The average Bonchev–Trinajstić information content (AvgIpc) is 2.79. The molecular weight excluding hydrogens is 256 g/mol. The van der Waals surface area contributed by atoms with Crippen molar-refractivity contribution < 1.29 is 0 Å². The zero-order valence-electron chi connectivity index (χ0n) is 14.0. The Morgan fingerprint density at radius 3 is 2.62 bits per heavy atom. The van der Waals surface area contributed by atoms with E-state index in [0.29, 0.717) is 0 Å². The molecule has 0 aliphatic heterocycles. The van der Waals surface area contributed by atoms with Crippen LogP contribution < -0.4 is 5.73 Å². The summed E-state index contributed by atoms with van der Waals surface area (Å²) >= 11 is 0. The maximum absolute atomic E-state index is 5.85. The van der Waals surface area contributed by atoms with Crippen molar-refractivity contribution in [2.45, 2.75) is 47.1 Å². The van der Waals surface area contributed by atoms with E-state index in [1.807, 2.05) is 39.0 Å². The van der Waals surface area contributed by atoms with Gasteiger partial charge in [0.15, 0.2) is 0 Å². The number of nitrogens with two attached hydrogens (primary N) is 1. The molecule has 2 heteroatoms. The van der Waals surface area contributed by atoms with Gasteiger partial charge in [0.05, 0.1) is 0 Å². The lowest BCUT2D eigenvalue weighted by atomic mass is 10.2. The summed E-state index contributed by atoms with van der Waals surface area (Å²) in [5, 5.41) is 0. The molecule has 1 aliphatic rings. The molecule has 0 atom stereocenters. The van der Waals surface area contributed by atoms with Gasteiger partial charge in [0.2, 0.25) is 0 Å². The van der Waals surface area contributed by atoms with Crippen LogP contribution in [0.3, 0.4) is 0 Å². The van der Waals surface area contributed by atoms with Gasteiger partial charge in [0.25, 0.3) is 0 Å². The molecule has 1 aromatic heterocycles. The van der Waals surface area contributed by atoms with E-state index in [4.69, 9.17) is 5.73 Å². The maximum atomic E-state index is 5.85. The minimum absolute atomic E-state index is 0.828. The third kappa shape index (κ3) is 6.84. The monoisotopic (exact) mass is 286 g/mol. The van der Waals surface area contributed by atoms with Crippen LogP contribution in [-0.4, -0.2) is 4.57 Å². The molecule has 0 aromatic carbocycles. The number of hydrogen-bond donors (Lipinski definition) is 1. The molecule has 1 aliphatic carbocycles. The quantitative estimate of drug-likeness (QED) is 0.771. The molecule has 2 rings (SSSR count). The van der Waals surface area contributed by atoms with Gasteiger partial charge in [-0.05, 0) is 43.5 Å². The molecule has 1 aromatic rings. The summed E-state index contributed by atoms with van der Waals surface area (Å²) in [6.07, 6.45) is 16.4. The van der Waals surface area contributed by atoms with Gasteiger partial charge in [-0.3, -0.25) is 0 Å². The molecular formula is C19H30N2. The van der Waals surface area contributed by atoms with Gasteiger partial charge in [-0.25, -0.2) is 0 Å². The summed E-state index contributed by atoms with van der Waals surface area (Å²) in [5.74, 6) is 0. The zero-order chi connectivity index (χ0) is 16.1. The number of allylic oxidation sites excluding steroid dienone is 5. The van der Waals surface area contributed by atoms with Crippen LogP contribution in [0.15, 0.2) is 54.9 Å². The highest BCUT2D eigenvalue weighted by Crippen LogP contribution is 2.18. The molecule has 0 spiro atoms. The van der Waals surface area contributed by atoms with Gasteiger partial charge in [0.1, 0.15) is 0 Å². The SMILES string of the molecule is C/C=C/Cn1ccc2c1C=C(N)C=CC2.C=CCC.CC. The zero-order valence-corrected chi connectivity index (χ0v) is 14.0. The predicted octanol–water partition coefficient (Wildman–Crippen LogP) is 5.08. The Morgan fingerprint density at radius 1 is 1.38 bits per heavy atom. The van der Waals surface area contributed by atoms with Crippen LogP contribution in [0.1, 0.15) is 45.4 Å². The molecule has 0 unspecified atom stereocenters. The van der Waals surface area contributed by atoms with Gasteiger partial charge in [-0.1, -0.05) is 45.1 Å². The van der Waals surface area contributed by atoms with Crippen molar-refractivity contribution in [3.05, 3.63) is 66.2 Å². The van der Waals surface area contributed by atoms with Crippen LogP contribution in [0.2, 0.25) is 0 Å². The standard InChI is InChI=1S/C13H16N2.C4H8.C2H6/c1-2-3-8-15-9-7-11-5-4-6-12(14)10-13(11)15;1-3-4-2;1-2/h2-4,6-7,9-10H,5,8,14H2,1H3;3H,1,4H2,2H3;1-2H3/b3-2+;;. The first kappa shape index (κ1) is 19.0. The Balaban J connectivity index is 0.000000579. The minimum atomic E-state index is 0.828. The van der Waals surface area contributed by atoms with Crippen molar-refractivity contribution in [1.82, 2.24) is 4.57 Å². The summed E-state index contributed by atoms with van der Waals surface area (Å²) in [5.41, 5.74) is 9.25. The van der Waals surface area contributed by atoms with E-state index in [0.717, 1.165) is 25.1 Å². The highest BCUT2D eigenvalue weighted by Gasteiger charge is 2.07. The lowest BCUT2D eigenvalue weighted by molar-refractivity contribution is 0.815. The van der Waals surface area contributed by atoms with E-state index < -0.39 is 0 Å². The van der Waals surface area contributed by atoms with Gasteiger partial charge in [-0.15, -0.1) is 6.58 Å². The molecule has 0 saturated carbocycles. The van der Waals surface area contributed by atoms with Gasteiger partial charge < -0.3 is 10.3 Å². The molecule has 0 amide bonds. The number of hydrogen-bond acceptors (Lipinski definition) is 1. The molecule has 21 heavy (non-hydrogen) atoms. The van der Waals surface area contributed by atoms with Crippen LogP contribution in [-0.2, 0) is 13.0 Å². The van der Waals surface area contributed by atoms with Crippen LogP contribution in [0.25, 0.3) is 6.08 Å². The fraction of sp³-hybridized carbons (Fsp3) is 0.368. The third-order valence-electron chi connectivity index (χ3n) is 2.87. The first-order valence-corrected chi connectivity index (χ1v) is 7.76. The van der Waals surface area contributed by atoms with E-state index in [1.54, 1.807) is 0 Å². The van der Waals surface area contributed by atoms with Crippen LogP contribution >= 0.6 is 0 Å². The summed E-state index contributed by atoms with van der Waals surface area (Å²) in [7, 11) is 0. The summed E-state index contributed by atoms with van der Waals surface area (Å²) in [6, 6.07) is 2.16. The van der Waals surface area contributed by atoms with E-state index in [2.05, 4.69) is 48.6 Å². The minimum Gasteiger partial charge on any atom is -0.399 e. The first-order valence-electron chi connectivity index (χ1n) is 7.76. The predicted molar refractivity (Wildman–Crippen MR) is 96.1 cm³/mol. The lowest BCUT2D eigenvalue weighted by Gasteiger charge is -2.04. The molecule has 0 bridgehead atoms. The Labute approximate surface area is 130 Å². The van der Waals surface area contributed by atoms with Crippen molar-refractivity contribution >= 4 is 6.08 Å². The highest BCUT2D eigenvalue weighted by atomic mass is 15.0. The maximum Gasteiger partial charge on any atom is 0.0465 e. The second-order valence-corrected chi connectivity index (χ2v) is 4.40. The summed E-state index contributed by atoms with van der Waals surface area (Å²) < 4.78 is 2.22. The average molecular weight is 286 g/mol. The molecule has 0 radical (unpaired) electrons. The third-order valence-corrected chi connectivity index (χ3v) is 2.87. The van der Waals surface area contributed by atoms with Crippen LogP contribution in [0.5, 0.6) is 0 Å². The summed E-state index contributed by atoms with van der Waals surface area (Å²) in [4.78, 5) is 0. The smallest absolute Gasteiger partial charge is 0.0465 e. The molecule has 1 heterocycles. The van der Waals surface area contributed by atoms with Crippen LogP contribution in [0.4, 0.5) is 0 Å². The number of fused-ring (bicyclic) bond motifs is 1. The molecule has 2 nitrogen and oxygen atoms in total. The van der Waals surface area contributed by atoms with Gasteiger partial charge in [0, 0.05) is 24.1 Å². The van der Waals surface area contributed by atoms with Crippen molar-refractivity contribution in [3.63, 3.8) is 0 Å². The van der Waals surface area contributed by atoms with Gasteiger partial charge in [-0.2, -0.15) is 0 Å². The number of nitrogens with zero attached hydrogens (tertiary/aromatic N) is 1. The number of aromatic nitrogens is 1. The Bertz CT molecular complexity index is 488. The second-order valence-electron chi connectivity index (χ2n) is 4.40. The first-order chi connectivity index (χ1) is 10.2. The molecule has 0 fully saturated rings. The largest absolute Gasteiger partial charge is 0.399 e. The summed E-state index contributed by atoms with van der Waals surface area (Å²) in [6.45, 7) is 12.5. The Kier molecular flexibility index (Phi) is 10.7. The fourth-order valence-corrected chi connectivity index (χ4v) is 1.78. The van der Waals surface area contributed by atoms with Crippen molar-refractivity contribution in [2.24, 2.45) is 5.73 Å². The van der Waals surface area contributed by atoms with Crippen molar-refractivity contribution in [2.75, 3.05) is 0 Å². The molecule has 0 saturated heterocycles. The highest BCUT2D eigenvalue weighted by molar-refractivity contribution is 5.58. The number of rotatable bonds is 3. The fourth-order valence-electron chi connectivity index (χ4n) is 1.78. The molecule has 2 N–H and O–H groups in total. The van der Waals surface area contributed by atoms with E-state index in [-0.39, 0.29) is 0 Å². The van der Waals surface area contributed by atoms with E-state index >= 15 is 0 Å².